The lowest BCUT2D eigenvalue weighted by atomic mass is 10.1. The fourth-order valence-corrected chi connectivity index (χ4v) is 2.76. The van der Waals surface area contributed by atoms with Gasteiger partial charge in [0.15, 0.2) is 0 Å². The highest BCUT2D eigenvalue weighted by Gasteiger charge is 2.14. The van der Waals surface area contributed by atoms with E-state index in [4.69, 9.17) is 0 Å². The Balaban J connectivity index is 1.81. The number of hydrogen-bond acceptors (Lipinski definition) is 4. The van der Waals surface area contributed by atoms with Crippen LogP contribution in [0.25, 0.3) is 0 Å². The van der Waals surface area contributed by atoms with Gasteiger partial charge in [-0.25, -0.2) is 4.79 Å². The molecule has 1 aliphatic carbocycles. The minimum Gasteiger partial charge on any atom is -0.465 e. The van der Waals surface area contributed by atoms with Crippen molar-refractivity contribution in [1.82, 2.24) is 5.32 Å². The van der Waals surface area contributed by atoms with E-state index in [0.717, 1.165) is 18.5 Å². The summed E-state index contributed by atoms with van der Waals surface area (Å²) >= 11 is 0. The van der Waals surface area contributed by atoms with E-state index in [1.807, 2.05) is 6.07 Å². The molecule has 1 aliphatic rings. The summed E-state index contributed by atoms with van der Waals surface area (Å²) in [7, 11) is 1.35. The number of hydrogen-bond donors (Lipinski definition) is 2. The van der Waals surface area contributed by atoms with Crippen molar-refractivity contribution < 1.29 is 14.3 Å². The standard InChI is InChI=1S/C17H24N2O3/c1-22-17(21)13-7-6-10-15(11-13)18-12-16(20)19-14-8-4-2-3-5-9-14/h6-7,10-11,14,18H,2-5,8-9,12H2,1H3,(H,19,20). The van der Waals surface area contributed by atoms with E-state index >= 15 is 0 Å². The first-order chi connectivity index (χ1) is 10.7. The van der Waals surface area contributed by atoms with Crippen LogP contribution in [0.5, 0.6) is 0 Å². The first-order valence-corrected chi connectivity index (χ1v) is 7.90. The highest BCUT2D eigenvalue weighted by molar-refractivity contribution is 5.90. The SMILES string of the molecule is COC(=O)c1cccc(NCC(=O)NC2CCCCCC2)c1. The van der Waals surface area contributed by atoms with E-state index in [1.54, 1.807) is 18.2 Å². The zero-order chi connectivity index (χ0) is 15.8. The fourth-order valence-electron chi connectivity index (χ4n) is 2.76. The second-order valence-electron chi connectivity index (χ2n) is 5.68. The molecule has 22 heavy (non-hydrogen) atoms. The summed E-state index contributed by atoms with van der Waals surface area (Å²) in [4.78, 5) is 23.5. The van der Waals surface area contributed by atoms with E-state index in [1.165, 1.54) is 32.8 Å². The second-order valence-corrected chi connectivity index (χ2v) is 5.68. The molecule has 120 valence electrons. The smallest absolute Gasteiger partial charge is 0.337 e. The number of esters is 1. The van der Waals surface area contributed by atoms with Crippen LogP contribution >= 0.6 is 0 Å². The van der Waals surface area contributed by atoms with Gasteiger partial charge in [-0.15, -0.1) is 0 Å². The van der Waals surface area contributed by atoms with Crippen molar-refractivity contribution in [3.63, 3.8) is 0 Å². The molecule has 5 heteroatoms. The quantitative estimate of drug-likeness (QED) is 0.648. The van der Waals surface area contributed by atoms with Crippen molar-refractivity contribution in [2.45, 2.75) is 44.6 Å². The highest BCUT2D eigenvalue weighted by Crippen LogP contribution is 2.17. The molecule has 5 nitrogen and oxygen atoms in total. The molecule has 0 aliphatic heterocycles. The molecule has 0 radical (unpaired) electrons. The molecule has 0 atom stereocenters. The Bertz CT molecular complexity index is 508. The van der Waals surface area contributed by atoms with Crippen molar-refractivity contribution in [2.24, 2.45) is 0 Å². The van der Waals surface area contributed by atoms with E-state index in [9.17, 15) is 9.59 Å². The van der Waals surface area contributed by atoms with Gasteiger partial charge >= 0.3 is 5.97 Å². The lowest BCUT2D eigenvalue weighted by molar-refractivity contribution is -0.120. The van der Waals surface area contributed by atoms with Crippen LogP contribution in [0.4, 0.5) is 5.69 Å². The maximum Gasteiger partial charge on any atom is 0.337 e. The van der Waals surface area contributed by atoms with Crippen molar-refractivity contribution in [3.8, 4) is 0 Å². The summed E-state index contributed by atoms with van der Waals surface area (Å²) in [6, 6.07) is 7.26. The van der Waals surface area contributed by atoms with Crippen molar-refractivity contribution in [2.75, 3.05) is 19.0 Å². The van der Waals surface area contributed by atoms with Crippen LogP contribution in [0.15, 0.2) is 24.3 Å². The molecule has 1 saturated carbocycles. The Labute approximate surface area is 131 Å². The predicted octanol–water partition coefficient (Wildman–Crippen LogP) is 2.72. The minimum atomic E-state index is -0.383. The van der Waals surface area contributed by atoms with Gasteiger partial charge in [0, 0.05) is 11.7 Å². The van der Waals surface area contributed by atoms with Crippen LogP contribution in [-0.4, -0.2) is 31.6 Å². The number of amides is 1. The van der Waals surface area contributed by atoms with E-state index in [2.05, 4.69) is 15.4 Å². The number of anilines is 1. The second kappa shape index (κ2) is 8.41. The van der Waals surface area contributed by atoms with Gasteiger partial charge in [0.2, 0.25) is 5.91 Å². The lowest BCUT2D eigenvalue weighted by Crippen LogP contribution is -2.38. The molecule has 1 amide bonds. The van der Waals surface area contributed by atoms with Gasteiger partial charge in [-0.3, -0.25) is 4.79 Å². The van der Waals surface area contributed by atoms with E-state index in [0.29, 0.717) is 11.6 Å². The molecular weight excluding hydrogens is 280 g/mol. The van der Waals surface area contributed by atoms with E-state index < -0.39 is 0 Å². The molecule has 1 aromatic carbocycles. The molecule has 0 unspecified atom stereocenters. The summed E-state index contributed by atoms with van der Waals surface area (Å²) < 4.78 is 4.68. The summed E-state index contributed by atoms with van der Waals surface area (Å²) in [6.45, 7) is 0.209. The molecule has 1 fully saturated rings. The summed E-state index contributed by atoms with van der Waals surface area (Å²) in [5, 5.41) is 6.13. The third-order valence-corrected chi connectivity index (χ3v) is 3.96. The molecule has 0 heterocycles. The van der Waals surface area contributed by atoms with Crippen molar-refractivity contribution >= 4 is 17.6 Å². The lowest BCUT2D eigenvalue weighted by Gasteiger charge is -2.16. The average molecular weight is 304 g/mol. The maximum absolute atomic E-state index is 12.0. The van der Waals surface area contributed by atoms with Gasteiger partial charge in [0.05, 0.1) is 19.2 Å². The number of benzene rings is 1. The normalized spacial score (nSPS) is 15.7. The molecule has 1 aromatic rings. The summed E-state index contributed by atoms with van der Waals surface area (Å²) in [6.07, 6.45) is 7.07. The minimum absolute atomic E-state index is 0.00429. The molecule has 2 rings (SSSR count). The van der Waals surface area contributed by atoms with Gasteiger partial charge < -0.3 is 15.4 Å². The Morgan fingerprint density at radius 3 is 2.59 bits per heavy atom. The van der Waals surface area contributed by atoms with Gasteiger partial charge in [0.25, 0.3) is 0 Å². The number of ether oxygens (including phenoxy) is 1. The van der Waals surface area contributed by atoms with Crippen LogP contribution in [0.3, 0.4) is 0 Å². The Morgan fingerprint density at radius 1 is 1.18 bits per heavy atom. The number of nitrogens with one attached hydrogen (secondary N) is 2. The number of methoxy groups -OCH3 is 1. The van der Waals surface area contributed by atoms with Crippen LogP contribution < -0.4 is 10.6 Å². The van der Waals surface area contributed by atoms with Crippen LogP contribution in [0.1, 0.15) is 48.9 Å². The van der Waals surface area contributed by atoms with Crippen LogP contribution in [0.2, 0.25) is 0 Å². The van der Waals surface area contributed by atoms with Gasteiger partial charge in [-0.05, 0) is 31.0 Å². The zero-order valence-electron chi connectivity index (χ0n) is 13.1. The molecule has 0 spiro atoms. The predicted molar refractivity (Wildman–Crippen MR) is 85.9 cm³/mol. The molecule has 0 bridgehead atoms. The summed E-state index contributed by atoms with van der Waals surface area (Å²) in [5.74, 6) is -0.387. The molecule has 0 aromatic heterocycles. The number of rotatable bonds is 5. The first kappa shape index (κ1) is 16.3. The van der Waals surface area contributed by atoms with Crippen molar-refractivity contribution in [1.29, 1.82) is 0 Å². The average Bonchev–Trinajstić information content (AvgIpc) is 2.81. The Kier molecular flexibility index (Phi) is 6.25. The fraction of sp³-hybridized carbons (Fsp3) is 0.529. The number of carbonyl (C=O) groups excluding carboxylic acids is 2. The molecule has 2 N–H and O–H groups in total. The Hall–Kier alpha value is -2.04. The highest BCUT2D eigenvalue weighted by atomic mass is 16.5. The third-order valence-electron chi connectivity index (χ3n) is 3.96. The van der Waals surface area contributed by atoms with Crippen LogP contribution in [0, 0.1) is 0 Å². The largest absolute Gasteiger partial charge is 0.465 e. The maximum atomic E-state index is 12.0. The number of carbonyl (C=O) groups is 2. The third kappa shape index (κ3) is 5.06. The monoisotopic (exact) mass is 304 g/mol. The zero-order valence-corrected chi connectivity index (χ0v) is 13.1. The summed E-state index contributed by atoms with van der Waals surface area (Å²) in [5.41, 5.74) is 1.20. The first-order valence-electron chi connectivity index (χ1n) is 7.90. The van der Waals surface area contributed by atoms with Crippen LogP contribution in [-0.2, 0) is 9.53 Å². The molecule has 0 saturated heterocycles. The van der Waals surface area contributed by atoms with Gasteiger partial charge in [-0.1, -0.05) is 31.7 Å². The van der Waals surface area contributed by atoms with Gasteiger partial charge in [-0.2, -0.15) is 0 Å². The molecular formula is C17H24N2O3. The van der Waals surface area contributed by atoms with E-state index in [-0.39, 0.29) is 18.4 Å². The van der Waals surface area contributed by atoms with Gasteiger partial charge in [0.1, 0.15) is 0 Å². The van der Waals surface area contributed by atoms with Crippen molar-refractivity contribution in [3.05, 3.63) is 29.8 Å². The Morgan fingerprint density at radius 2 is 1.91 bits per heavy atom. The topological polar surface area (TPSA) is 67.4 Å².